The summed E-state index contributed by atoms with van der Waals surface area (Å²) in [5.41, 5.74) is 0. The number of carbonyl (C=O) groups is 1. The monoisotopic (exact) mass is 116 g/mol. The van der Waals surface area contributed by atoms with Crippen molar-refractivity contribution in [3.63, 3.8) is 0 Å². The third-order valence-corrected chi connectivity index (χ3v) is 1.17. The first kappa shape index (κ1) is 5.56. The molecular formula is C5H8O3. The highest BCUT2D eigenvalue weighted by molar-refractivity contribution is 5.76. The summed E-state index contributed by atoms with van der Waals surface area (Å²) in [5, 5.41) is 0. The van der Waals surface area contributed by atoms with Crippen molar-refractivity contribution in [2.24, 2.45) is 0 Å². The molecule has 0 aliphatic carbocycles. The summed E-state index contributed by atoms with van der Waals surface area (Å²) in [6, 6.07) is 0. The molecule has 0 amide bonds. The van der Waals surface area contributed by atoms with Gasteiger partial charge in [-0.3, -0.25) is 0 Å². The van der Waals surface area contributed by atoms with Crippen LogP contribution in [0.2, 0.25) is 0 Å². The molecule has 1 saturated heterocycles. The maximum absolute atomic E-state index is 10.5. The van der Waals surface area contributed by atoms with Crippen LogP contribution in [0.3, 0.4) is 0 Å². The summed E-state index contributed by atoms with van der Waals surface area (Å²) in [6.45, 7) is 0.511. The van der Waals surface area contributed by atoms with Crippen LogP contribution in [0.5, 0.6) is 0 Å². The highest BCUT2D eigenvalue weighted by Gasteiger charge is 2.25. The molecule has 1 rings (SSSR count). The highest BCUT2D eigenvalue weighted by Crippen LogP contribution is 2.07. The van der Waals surface area contributed by atoms with Gasteiger partial charge >= 0.3 is 5.97 Å². The number of ether oxygens (including phenoxy) is 2. The van der Waals surface area contributed by atoms with E-state index in [0.29, 0.717) is 13.0 Å². The first-order chi connectivity index (χ1) is 3.84. The highest BCUT2D eigenvalue weighted by atomic mass is 16.6. The van der Waals surface area contributed by atoms with E-state index in [9.17, 15) is 4.79 Å². The first-order valence-electron chi connectivity index (χ1n) is 2.54. The predicted octanol–water partition coefficient (Wildman–Crippen LogP) is -0.0517. The van der Waals surface area contributed by atoms with Gasteiger partial charge in [0.05, 0.1) is 6.61 Å². The minimum absolute atomic E-state index is 0.229. The SMILES string of the molecule is COC1CCOC1=O. The second-order valence-electron chi connectivity index (χ2n) is 1.68. The van der Waals surface area contributed by atoms with Crippen LogP contribution in [0, 0.1) is 0 Å². The lowest BCUT2D eigenvalue weighted by Crippen LogP contribution is -2.15. The third-order valence-electron chi connectivity index (χ3n) is 1.17. The predicted molar refractivity (Wildman–Crippen MR) is 26.4 cm³/mol. The fourth-order valence-electron chi connectivity index (χ4n) is 0.691. The average molecular weight is 116 g/mol. The van der Waals surface area contributed by atoms with Crippen LogP contribution in [0.4, 0.5) is 0 Å². The van der Waals surface area contributed by atoms with Crippen molar-refractivity contribution in [3.8, 4) is 0 Å². The standard InChI is InChI=1S/C5H8O3/c1-7-4-2-3-8-5(4)6/h4H,2-3H2,1H3. The lowest BCUT2D eigenvalue weighted by atomic mass is 10.3. The molecule has 46 valence electrons. The zero-order valence-electron chi connectivity index (χ0n) is 4.72. The van der Waals surface area contributed by atoms with Crippen molar-refractivity contribution in [2.45, 2.75) is 12.5 Å². The molecule has 0 aromatic rings. The Hall–Kier alpha value is -0.570. The van der Waals surface area contributed by atoms with E-state index in [4.69, 9.17) is 4.74 Å². The van der Waals surface area contributed by atoms with Gasteiger partial charge < -0.3 is 9.47 Å². The molecule has 0 radical (unpaired) electrons. The van der Waals surface area contributed by atoms with Gasteiger partial charge in [-0.05, 0) is 0 Å². The van der Waals surface area contributed by atoms with E-state index in [1.54, 1.807) is 0 Å². The largest absolute Gasteiger partial charge is 0.464 e. The molecule has 0 bridgehead atoms. The molecular weight excluding hydrogens is 108 g/mol. The molecule has 1 aliphatic heterocycles. The maximum atomic E-state index is 10.5. The summed E-state index contributed by atoms with van der Waals surface area (Å²) in [5.74, 6) is -0.229. The topological polar surface area (TPSA) is 35.5 Å². The number of carbonyl (C=O) groups excluding carboxylic acids is 1. The summed E-state index contributed by atoms with van der Waals surface area (Å²) in [4.78, 5) is 10.5. The quantitative estimate of drug-likeness (QED) is 0.450. The summed E-state index contributed by atoms with van der Waals surface area (Å²) >= 11 is 0. The summed E-state index contributed by atoms with van der Waals surface area (Å²) in [7, 11) is 1.51. The Balaban J connectivity index is 2.42. The van der Waals surface area contributed by atoms with Gasteiger partial charge in [0.15, 0.2) is 6.10 Å². The van der Waals surface area contributed by atoms with Gasteiger partial charge in [0.25, 0.3) is 0 Å². The number of esters is 1. The summed E-state index contributed by atoms with van der Waals surface area (Å²) < 4.78 is 9.34. The van der Waals surface area contributed by atoms with Crippen LogP contribution in [0.15, 0.2) is 0 Å². The minimum atomic E-state index is -0.296. The van der Waals surface area contributed by atoms with Crippen molar-refractivity contribution >= 4 is 5.97 Å². The van der Waals surface area contributed by atoms with E-state index in [2.05, 4.69) is 4.74 Å². The second-order valence-corrected chi connectivity index (χ2v) is 1.68. The normalized spacial score (nSPS) is 28.1. The van der Waals surface area contributed by atoms with E-state index >= 15 is 0 Å². The number of hydrogen-bond acceptors (Lipinski definition) is 3. The van der Waals surface area contributed by atoms with Crippen LogP contribution in [0.1, 0.15) is 6.42 Å². The molecule has 1 aliphatic rings. The van der Waals surface area contributed by atoms with Crippen molar-refractivity contribution in [1.82, 2.24) is 0 Å². The smallest absolute Gasteiger partial charge is 0.335 e. The van der Waals surface area contributed by atoms with Crippen molar-refractivity contribution in [2.75, 3.05) is 13.7 Å². The average Bonchev–Trinajstić information content (AvgIpc) is 2.14. The van der Waals surface area contributed by atoms with Crippen LogP contribution < -0.4 is 0 Å². The molecule has 1 atom stereocenters. The van der Waals surface area contributed by atoms with Gasteiger partial charge in [-0.1, -0.05) is 0 Å². The Morgan fingerprint density at radius 2 is 2.62 bits per heavy atom. The Morgan fingerprint density at radius 3 is 2.88 bits per heavy atom. The maximum Gasteiger partial charge on any atom is 0.335 e. The summed E-state index contributed by atoms with van der Waals surface area (Å²) in [6.07, 6.45) is 0.407. The van der Waals surface area contributed by atoms with Crippen molar-refractivity contribution < 1.29 is 14.3 Å². The minimum Gasteiger partial charge on any atom is -0.464 e. The van der Waals surface area contributed by atoms with Gasteiger partial charge in [0, 0.05) is 13.5 Å². The Kier molecular flexibility index (Phi) is 1.48. The molecule has 1 unspecified atom stereocenters. The van der Waals surface area contributed by atoms with Crippen molar-refractivity contribution in [1.29, 1.82) is 0 Å². The van der Waals surface area contributed by atoms with Crippen LogP contribution in [0.25, 0.3) is 0 Å². The second kappa shape index (κ2) is 2.13. The van der Waals surface area contributed by atoms with Crippen LogP contribution in [-0.4, -0.2) is 25.8 Å². The van der Waals surface area contributed by atoms with E-state index in [1.165, 1.54) is 7.11 Å². The van der Waals surface area contributed by atoms with E-state index < -0.39 is 0 Å². The number of cyclic esters (lactones) is 1. The number of rotatable bonds is 1. The van der Waals surface area contributed by atoms with E-state index in [1.807, 2.05) is 0 Å². The lowest BCUT2D eigenvalue weighted by molar-refractivity contribution is -0.145. The Morgan fingerprint density at radius 1 is 1.88 bits per heavy atom. The zero-order chi connectivity index (χ0) is 5.98. The third kappa shape index (κ3) is 0.816. The van der Waals surface area contributed by atoms with Gasteiger partial charge in [-0.2, -0.15) is 0 Å². The fourth-order valence-corrected chi connectivity index (χ4v) is 0.691. The van der Waals surface area contributed by atoms with E-state index in [-0.39, 0.29) is 12.1 Å². The zero-order valence-corrected chi connectivity index (χ0v) is 4.72. The molecule has 8 heavy (non-hydrogen) atoms. The Labute approximate surface area is 47.6 Å². The van der Waals surface area contributed by atoms with Crippen LogP contribution >= 0.6 is 0 Å². The molecule has 0 aromatic heterocycles. The lowest BCUT2D eigenvalue weighted by Gasteiger charge is -1.98. The number of methoxy groups -OCH3 is 1. The molecule has 1 heterocycles. The van der Waals surface area contributed by atoms with Gasteiger partial charge in [0.1, 0.15) is 0 Å². The van der Waals surface area contributed by atoms with Crippen LogP contribution in [-0.2, 0) is 14.3 Å². The van der Waals surface area contributed by atoms with E-state index in [0.717, 1.165) is 0 Å². The molecule has 1 fully saturated rings. The Bertz CT molecular complexity index is 99.8. The fraction of sp³-hybridized carbons (Fsp3) is 0.800. The van der Waals surface area contributed by atoms with Crippen molar-refractivity contribution in [3.05, 3.63) is 0 Å². The molecule has 0 saturated carbocycles. The number of hydrogen-bond donors (Lipinski definition) is 0. The molecule has 0 N–H and O–H groups in total. The molecule has 3 nitrogen and oxygen atoms in total. The van der Waals surface area contributed by atoms with Gasteiger partial charge in [0.2, 0.25) is 0 Å². The first-order valence-corrected chi connectivity index (χ1v) is 2.54. The van der Waals surface area contributed by atoms with Gasteiger partial charge in [-0.15, -0.1) is 0 Å². The molecule has 3 heteroatoms. The van der Waals surface area contributed by atoms with Gasteiger partial charge in [-0.25, -0.2) is 4.79 Å². The molecule has 0 spiro atoms. The molecule has 0 aromatic carbocycles.